The van der Waals surface area contributed by atoms with Crippen molar-refractivity contribution in [1.29, 1.82) is 0 Å². The van der Waals surface area contributed by atoms with Crippen LogP contribution in [0.3, 0.4) is 0 Å². The lowest BCUT2D eigenvalue weighted by molar-refractivity contribution is 0.814. The van der Waals surface area contributed by atoms with Crippen LogP contribution < -0.4 is 0 Å². The van der Waals surface area contributed by atoms with Crippen LogP contribution in [0.15, 0.2) is 41.3 Å². The molecule has 2 aromatic heterocycles. The summed E-state index contributed by atoms with van der Waals surface area (Å²) >= 11 is 3.45. The summed E-state index contributed by atoms with van der Waals surface area (Å²) in [7, 11) is 0. The number of hydrogen-bond acceptors (Lipinski definition) is 3. The molecule has 0 saturated carbocycles. The highest BCUT2D eigenvalue weighted by Gasteiger charge is 2.08. The SMILES string of the molecule is CCCc1nc(Br)cc(-n2cnc3ccccc32)n1. The molecule has 96 valence electrons. The number of aromatic nitrogens is 4. The number of fused-ring (bicyclic) bond motifs is 1. The van der Waals surface area contributed by atoms with Gasteiger partial charge in [-0.1, -0.05) is 19.1 Å². The van der Waals surface area contributed by atoms with Crippen molar-refractivity contribution in [3.8, 4) is 5.82 Å². The molecule has 5 heteroatoms. The van der Waals surface area contributed by atoms with Gasteiger partial charge in [-0.2, -0.15) is 0 Å². The fourth-order valence-electron chi connectivity index (χ4n) is 2.05. The van der Waals surface area contributed by atoms with Crippen LogP contribution in [-0.2, 0) is 6.42 Å². The number of halogens is 1. The molecule has 0 bridgehead atoms. The van der Waals surface area contributed by atoms with Crippen molar-refractivity contribution in [3.63, 3.8) is 0 Å². The topological polar surface area (TPSA) is 43.6 Å². The first-order valence-corrected chi connectivity index (χ1v) is 7.03. The highest BCUT2D eigenvalue weighted by atomic mass is 79.9. The molecule has 19 heavy (non-hydrogen) atoms. The average Bonchev–Trinajstić information content (AvgIpc) is 2.82. The molecular weight excluding hydrogens is 304 g/mol. The summed E-state index contributed by atoms with van der Waals surface area (Å²) < 4.78 is 2.79. The van der Waals surface area contributed by atoms with Gasteiger partial charge in [-0.05, 0) is 34.5 Å². The summed E-state index contributed by atoms with van der Waals surface area (Å²) in [6.45, 7) is 2.12. The minimum Gasteiger partial charge on any atom is -0.283 e. The molecule has 0 amide bonds. The van der Waals surface area contributed by atoms with Gasteiger partial charge in [0.1, 0.15) is 22.6 Å². The lowest BCUT2D eigenvalue weighted by atomic mass is 10.3. The summed E-state index contributed by atoms with van der Waals surface area (Å²) in [6.07, 6.45) is 3.70. The molecular formula is C14H13BrN4. The quantitative estimate of drug-likeness (QED) is 0.694. The summed E-state index contributed by atoms with van der Waals surface area (Å²) in [5.74, 6) is 1.70. The highest BCUT2D eigenvalue weighted by molar-refractivity contribution is 9.10. The van der Waals surface area contributed by atoms with Crippen molar-refractivity contribution < 1.29 is 0 Å². The zero-order valence-electron chi connectivity index (χ0n) is 10.5. The molecule has 0 fully saturated rings. The third kappa shape index (κ3) is 2.38. The van der Waals surface area contributed by atoms with Crippen molar-refractivity contribution in [2.75, 3.05) is 0 Å². The van der Waals surface area contributed by atoms with Gasteiger partial charge >= 0.3 is 0 Å². The fraction of sp³-hybridized carbons (Fsp3) is 0.214. The van der Waals surface area contributed by atoms with Gasteiger partial charge in [-0.15, -0.1) is 0 Å². The molecule has 0 radical (unpaired) electrons. The van der Waals surface area contributed by atoms with Gasteiger partial charge in [0.05, 0.1) is 11.0 Å². The van der Waals surface area contributed by atoms with Crippen LogP contribution >= 0.6 is 15.9 Å². The van der Waals surface area contributed by atoms with Crippen LogP contribution in [0.5, 0.6) is 0 Å². The van der Waals surface area contributed by atoms with Crippen molar-refractivity contribution in [2.24, 2.45) is 0 Å². The Hall–Kier alpha value is -1.75. The number of para-hydroxylation sites is 2. The third-order valence-corrected chi connectivity index (χ3v) is 3.31. The molecule has 0 aliphatic heterocycles. The number of aryl methyl sites for hydroxylation is 1. The Morgan fingerprint density at radius 1 is 1.21 bits per heavy atom. The van der Waals surface area contributed by atoms with Gasteiger partial charge in [0.2, 0.25) is 0 Å². The summed E-state index contributed by atoms with van der Waals surface area (Å²) in [5.41, 5.74) is 2.02. The van der Waals surface area contributed by atoms with Gasteiger partial charge in [-0.3, -0.25) is 4.57 Å². The molecule has 3 rings (SSSR count). The Kier molecular flexibility index (Phi) is 3.29. The Bertz CT molecular complexity index is 720. The second-order valence-electron chi connectivity index (χ2n) is 4.32. The van der Waals surface area contributed by atoms with Crippen LogP contribution in [0.1, 0.15) is 19.2 Å². The predicted octanol–water partition coefficient (Wildman–Crippen LogP) is 3.53. The van der Waals surface area contributed by atoms with Gasteiger partial charge in [0, 0.05) is 12.5 Å². The van der Waals surface area contributed by atoms with Crippen LogP contribution in [0.4, 0.5) is 0 Å². The zero-order chi connectivity index (χ0) is 13.2. The van der Waals surface area contributed by atoms with Gasteiger partial charge < -0.3 is 0 Å². The monoisotopic (exact) mass is 316 g/mol. The normalized spacial score (nSPS) is 11.1. The van der Waals surface area contributed by atoms with Crippen molar-refractivity contribution in [1.82, 2.24) is 19.5 Å². The molecule has 0 atom stereocenters. The molecule has 2 heterocycles. The van der Waals surface area contributed by atoms with E-state index >= 15 is 0 Å². The largest absolute Gasteiger partial charge is 0.283 e. The minimum absolute atomic E-state index is 0.804. The smallest absolute Gasteiger partial charge is 0.143 e. The fourth-order valence-corrected chi connectivity index (χ4v) is 2.46. The van der Waals surface area contributed by atoms with E-state index in [1.165, 1.54) is 0 Å². The van der Waals surface area contributed by atoms with Crippen LogP contribution in [-0.4, -0.2) is 19.5 Å². The number of rotatable bonds is 3. The van der Waals surface area contributed by atoms with Gasteiger partial charge in [0.25, 0.3) is 0 Å². The maximum absolute atomic E-state index is 4.60. The number of nitrogens with zero attached hydrogens (tertiary/aromatic N) is 4. The molecule has 3 aromatic rings. The van der Waals surface area contributed by atoms with E-state index < -0.39 is 0 Å². The highest BCUT2D eigenvalue weighted by Crippen LogP contribution is 2.19. The second-order valence-corrected chi connectivity index (χ2v) is 5.13. The molecule has 0 aliphatic rings. The average molecular weight is 317 g/mol. The van der Waals surface area contributed by atoms with E-state index in [9.17, 15) is 0 Å². The van der Waals surface area contributed by atoms with E-state index in [1.54, 1.807) is 6.33 Å². The van der Waals surface area contributed by atoms with E-state index in [-0.39, 0.29) is 0 Å². The van der Waals surface area contributed by atoms with Crippen LogP contribution in [0.2, 0.25) is 0 Å². The molecule has 0 saturated heterocycles. The third-order valence-electron chi connectivity index (χ3n) is 2.90. The zero-order valence-corrected chi connectivity index (χ0v) is 12.1. The summed E-state index contributed by atoms with van der Waals surface area (Å²) in [5, 5.41) is 0. The second kappa shape index (κ2) is 5.09. The Morgan fingerprint density at radius 2 is 2.05 bits per heavy atom. The predicted molar refractivity (Wildman–Crippen MR) is 78.4 cm³/mol. The van der Waals surface area contributed by atoms with Gasteiger partial charge in [-0.25, -0.2) is 15.0 Å². The first kappa shape index (κ1) is 12.3. The number of benzene rings is 1. The van der Waals surface area contributed by atoms with Crippen LogP contribution in [0.25, 0.3) is 16.9 Å². The lowest BCUT2D eigenvalue weighted by Gasteiger charge is -2.06. The molecule has 0 aliphatic carbocycles. The first-order chi connectivity index (χ1) is 9.28. The maximum atomic E-state index is 4.60. The van der Waals surface area contributed by atoms with Crippen molar-refractivity contribution >= 4 is 27.0 Å². The summed E-state index contributed by atoms with van der Waals surface area (Å²) in [6, 6.07) is 9.93. The molecule has 0 N–H and O–H groups in total. The summed E-state index contributed by atoms with van der Waals surface area (Å²) in [4.78, 5) is 13.4. The van der Waals surface area contributed by atoms with Gasteiger partial charge in [0.15, 0.2) is 0 Å². The standard InChI is InChI=1S/C14H13BrN4/c1-2-5-13-17-12(15)8-14(18-13)19-9-16-10-6-3-4-7-11(10)19/h3-4,6-9H,2,5H2,1H3. The van der Waals surface area contributed by atoms with E-state index in [2.05, 4.69) is 37.8 Å². The van der Waals surface area contributed by atoms with E-state index in [1.807, 2.05) is 34.9 Å². The molecule has 0 unspecified atom stereocenters. The number of imidazole rings is 1. The molecule has 0 spiro atoms. The Balaban J connectivity index is 2.15. The lowest BCUT2D eigenvalue weighted by Crippen LogP contribution is -2.02. The maximum Gasteiger partial charge on any atom is 0.143 e. The van der Waals surface area contributed by atoms with Crippen molar-refractivity contribution in [2.45, 2.75) is 19.8 Å². The first-order valence-electron chi connectivity index (χ1n) is 6.24. The Morgan fingerprint density at radius 3 is 2.89 bits per heavy atom. The van der Waals surface area contributed by atoms with E-state index in [0.29, 0.717) is 0 Å². The van der Waals surface area contributed by atoms with E-state index in [4.69, 9.17) is 0 Å². The van der Waals surface area contributed by atoms with Crippen molar-refractivity contribution in [3.05, 3.63) is 47.1 Å². The van der Waals surface area contributed by atoms with E-state index in [0.717, 1.165) is 40.1 Å². The minimum atomic E-state index is 0.804. The Labute approximate surface area is 119 Å². The number of hydrogen-bond donors (Lipinski definition) is 0. The molecule has 1 aromatic carbocycles. The van der Waals surface area contributed by atoms with Crippen LogP contribution in [0, 0.1) is 0 Å². The molecule has 4 nitrogen and oxygen atoms in total.